The first-order chi connectivity index (χ1) is 10.6. The third-order valence-corrected chi connectivity index (χ3v) is 4.73. The predicted molar refractivity (Wildman–Crippen MR) is 88.0 cm³/mol. The lowest BCUT2D eigenvalue weighted by Gasteiger charge is -2.39. The molecule has 1 aliphatic carbocycles. The summed E-state index contributed by atoms with van der Waals surface area (Å²) >= 11 is 0. The zero-order valence-corrected chi connectivity index (χ0v) is 13.4. The van der Waals surface area contributed by atoms with Gasteiger partial charge in [-0.2, -0.15) is 0 Å². The van der Waals surface area contributed by atoms with E-state index in [0.717, 1.165) is 37.1 Å². The van der Waals surface area contributed by atoms with Gasteiger partial charge in [0.05, 0.1) is 11.4 Å². The molecule has 1 aromatic rings. The van der Waals surface area contributed by atoms with Crippen molar-refractivity contribution in [3.8, 4) is 0 Å². The topological polar surface area (TPSA) is 40.6 Å². The first kappa shape index (κ1) is 15.1. The minimum absolute atomic E-state index is 0.0119. The van der Waals surface area contributed by atoms with Gasteiger partial charge in [-0.25, -0.2) is 0 Å². The Labute approximate surface area is 132 Å². The fourth-order valence-electron chi connectivity index (χ4n) is 3.66. The molecule has 0 saturated heterocycles. The van der Waals surface area contributed by atoms with Crippen LogP contribution in [0.1, 0.15) is 46.0 Å². The predicted octanol–water partition coefficient (Wildman–Crippen LogP) is 3.35. The molecule has 0 N–H and O–H groups in total. The molecule has 1 saturated carbocycles. The van der Waals surface area contributed by atoms with Gasteiger partial charge in [-0.3, -0.25) is 9.59 Å². The molecule has 0 radical (unpaired) electrons. The average Bonchev–Trinajstić information content (AvgIpc) is 2.53. The van der Waals surface area contributed by atoms with Gasteiger partial charge in [0.2, 0.25) is 11.8 Å². The average molecular weight is 300 g/mol. The SMILES string of the molecule is CC(C)N1C(=O)CN(C(=O)C2CCCCC2)c2ccccc21. The Hall–Kier alpha value is -1.84. The monoisotopic (exact) mass is 300 g/mol. The van der Waals surface area contributed by atoms with Gasteiger partial charge >= 0.3 is 0 Å². The second kappa shape index (κ2) is 6.11. The molecular weight excluding hydrogens is 276 g/mol. The van der Waals surface area contributed by atoms with Gasteiger partial charge in [0.25, 0.3) is 0 Å². The molecule has 0 bridgehead atoms. The van der Waals surface area contributed by atoms with Crippen LogP contribution in [-0.4, -0.2) is 24.4 Å². The summed E-state index contributed by atoms with van der Waals surface area (Å²) in [4.78, 5) is 28.9. The Morgan fingerprint density at radius 3 is 2.36 bits per heavy atom. The molecule has 2 aliphatic rings. The van der Waals surface area contributed by atoms with Crippen molar-refractivity contribution >= 4 is 23.2 Å². The van der Waals surface area contributed by atoms with E-state index in [1.54, 1.807) is 9.80 Å². The minimum Gasteiger partial charge on any atom is -0.306 e. The second-order valence-electron chi connectivity index (χ2n) is 6.61. The van der Waals surface area contributed by atoms with Crippen LogP contribution < -0.4 is 9.80 Å². The van der Waals surface area contributed by atoms with Crippen molar-refractivity contribution in [1.82, 2.24) is 0 Å². The molecule has 0 spiro atoms. The van der Waals surface area contributed by atoms with Crippen molar-refractivity contribution < 1.29 is 9.59 Å². The van der Waals surface area contributed by atoms with E-state index in [4.69, 9.17) is 0 Å². The lowest BCUT2D eigenvalue weighted by Crippen LogP contribution is -2.52. The highest BCUT2D eigenvalue weighted by atomic mass is 16.2. The van der Waals surface area contributed by atoms with Crippen LogP contribution in [-0.2, 0) is 9.59 Å². The summed E-state index contributed by atoms with van der Waals surface area (Å²) in [5, 5.41) is 0. The largest absolute Gasteiger partial charge is 0.306 e. The maximum atomic E-state index is 12.9. The molecule has 4 heteroatoms. The maximum Gasteiger partial charge on any atom is 0.247 e. The summed E-state index contributed by atoms with van der Waals surface area (Å²) < 4.78 is 0. The lowest BCUT2D eigenvalue weighted by molar-refractivity contribution is -0.126. The second-order valence-corrected chi connectivity index (χ2v) is 6.61. The van der Waals surface area contributed by atoms with Crippen LogP contribution in [0.4, 0.5) is 11.4 Å². The zero-order valence-electron chi connectivity index (χ0n) is 13.4. The van der Waals surface area contributed by atoms with Crippen LogP contribution in [0.15, 0.2) is 24.3 Å². The number of hydrogen-bond donors (Lipinski definition) is 0. The van der Waals surface area contributed by atoms with Crippen molar-refractivity contribution in [3.05, 3.63) is 24.3 Å². The standard InChI is InChI=1S/C18H24N2O2/c1-13(2)20-16-11-7-6-10-15(16)19(12-17(20)21)18(22)14-8-4-3-5-9-14/h6-7,10-11,13-14H,3-5,8-9,12H2,1-2H3. The number of para-hydroxylation sites is 2. The van der Waals surface area contributed by atoms with Gasteiger partial charge in [0.15, 0.2) is 0 Å². The molecule has 0 atom stereocenters. The van der Waals surface area contributed by atoms with Gasteiger partial charge in [-0.05, 0) is 38.8 Å². The molecule has 3 rings (SSSR count). The molecule has 2 amide bonds. The van der Waals surface area contributed by atoms with E-state index in [2.05, 4.69) is 0 Å². The summed E-state index contributed by atoms with van der Waals surface area (Å²) in [7, 11) is 0. The molecule has 0 aromatic heterocycles. The smallest absolute Gasteiger partial charge is 0.247 e. The minimum atomic E-state index is 0.0119. The van der Waals surface area contributed by atoms with Crippen LogP contribution in [0.2, 0.25) is 0 Å². The van der Waals surface area contributed by atoms with Crippen LogP contribution >= 0.6 is 0 Å². The van der Waals surface area contributed by atoms with Gasteiger partial charge < -0.3 is 9.80 Å². The third kappa shape index (κ3) is 2.62. The van der Waals surface area contributed by atoms with Crippen molar-refractivity contribution in [2.45, 2.75) is 52.0 Å². The van der Waals surface area contributed by atoms with Crippen LogP contribution in [0.5, 0.6) is 0 Å². The summed E-state index contributed by atoms with van der Waals surface area (Å²) in [5.74, 6) is 0.224. The summed E-state index contributed by atoms with van der Waals surface area (Å²) in [5.41, 5.74) is 1.74. The lowest BCUT2D eigenvalue weighted by atomic mass is 9.88. The molecule has 1 aliphatic heterocycles. The number of fused-ring (bicyclic) bond motifs is 1. The molecule has 1 heterocycles. The van der Waals surface area contributed by atoms with Crippen molar-refractivity contribution in [1.29, 1.82) is 0 Å². The first-order valence-electron chi connectivity index (χ1n) is 8.32. The zero-order chi connectivity index (χ0) is 15.7. The van der Waals surface area contributed by atoms with Gasteiger partial charge in [0.1, 0.15) is 6.54 Å². The summed E-state index contributed by atoms with van der Waals surface area (Å²) in [6.07, 6.45) is 5.38. The number of anilines is 2. The highest BCUT2D eigenvalue weighted by Crippen LogP contribution is 2.37. The Bertz CT molecular complexity index is 576. The number of benzene rings is 1. The Kier molecular flexibility index (Phi) is 4.19. The van der Waals surface area contributed by atoms with Gasteiger partial charge in [-0.1, -0.05) is 31.4 Å². The Morgan fingerprint density at radius 1 is 1.09 bits per heavy atom. The van der Waals surface area contributed by atoms with E-state index in [0.29, 0.717) is 0 Å². The first-order valence-corrected chi connectivity index (χ1v) is 8.32. The molecule has 1 fully saturated rings. The Morgan fingerprint density at radius 2 is 1.73 bits per heavy atom. The fourth-order valence-corrected chi connectivity index (χ4v) is 3.66. The van der Waals surface area contributed by atoms with Crippen molar-refractivity contribution in [2.75, 3.05) is 16.3 Å². The number of hydrogen-bond acceptors (Lipinski definition) is 2. The van der Waals surface area contributed by atoms with E-state index < -0.39 is 0 Å². The van der Waals surface area contributed by atoms with Crippen molar-refractivity contribution in [2.24, 2.45) is 5.92 Å². The highest BCUT2D eigenvalue weighted by molar-refractivity contribution is 6.11. The molecule has 118 valence electrons. The Balaban J connectivity index is 1.94. The molecule has 1 aromatic carbocycles. The summed E-state index contributed by atoms with van der Waals surface area (Å²) in [6.45, 7) is 4.19. The van der Waals surface area contributed by atoms with Crippen LogP contribution in [0.3, 0.4) is 0 Å². The van der Waals surface area contributed by atoms with E-state index in [1.807, 2.05) is 38.1 Å². The van der Waals surface area contributed by atoms with Crippen LogP contribution in [0.25, 0.3) is 0 Å². The maximum absolute atomic E-state index is 12.9. The quantitative estimate of drug-likeness (QED) is 0.840. The van der Waals surface area contributed by atoms with Crippen molar-refractivity contribution in [3.63, 3.8) is 0 Å². The normalized spacial score (nSPS) is 19.5. The molecular formula is C18H24N2O2. The van der Waals surface area contributed by atoms with Gasteiger partial charge in [-0.15, -0.1) is 0 Å². The van der Waals surface area contributed by atoms with E-state index in [9.17, 15) is 9.59 Å². The number of carbonyl (C=O) groups is 2. The number of nitrogens with zero attached hydrogens (tertiary/aromatic N) is 2. The van der Waals surface area contributed by atoms with Gasteiger partial charge in [0, 0.05) is 12.0 Å². The number of amides is 2. The molecule has 22 heavy (non-hydrogen) atoms. The molecule has 4 nitrogen and oxygen atoms in total. The van der Waals surface area contributed by atoms with E-state index >= 15 is 0 Å². The number of rotatable bonds is 2. The summed E-state index contributed by atoms with van der Waals surface area (Å²) in [6, 6.07) is 7.86. The van der Waals surface area contributed by atoms with E-state index in [-0.39, 0.29) is 30.3 Å². The fraction of sp³-hybridized carbons (Fsp3) is 0.556. The highest BCUT2D eigenvalue weighted by Gasteiger charge is 2.36. The van der Waals surface area contributed by atoms with Crippen LogP contribution in [0, 0.1) is 5.92 Å². The molecule has 0 unspecified atom stereocenters. The number of carbonyl (C=O) groups excluding carboxylic acids is 2. The van der Waals surface area contributed by atoms with E-state index in [1.165, 1.54) is 6.42 Å². The third-order valence-electron chi connectivity index (χ3n) is 4.73.